The molecule has 0 N–H and O–H groups in total. The van der Waals surface area contributed by atoms with Crippen molar-refractivity contribution >= 4 is 0 Å². The summed E-state index contributed by atoms with van der Waals surface area (Å²) >= 11 is 0. The minimum Gasteiger partial charge on any atom is -0.252 e. The van der Waals surface area contributed by atoms with Crippen molar-refractivity contribution in [3.05, 3.63) is 36.7 Å². The number of nitrogens with zero attached hydrogens (tertiary/aromatic N) is 2. The maximum atomic E-state index is 4.24. The molecule has 0 saturated carbocycles. The Morgan fingerprint density at radius 1 is 0.750 bits per heavy atom. The molecule has 2 aromatic rings. The van der Waals surface area contributed by atoms with Crippen molar-refractivity contribution < 1.29 is 0 Å². The zero-order chi connectivity index (χ0) is 7.97. The molecule has 0 amide bonds. The molecule has 0 spiro atoms. The van der Waals surface area contributed by atoms with E-state index >= 15 is 0 Å². The molecule has 1 aromatic carbocycles. The average Bonchev–Trinajstić information content (AvgIpc) is 2.14. The van der Waals surface area contributed by atoms with Crippen molar-refractivity contribution in [1.29, 1.82) is 0 Å². The van der Waals surface area contributed by atoms with Gasteiger partial charge < -0.3 is 0 Å². The molecule has 0 radical (unpaired) electrons. The van der Waals surface area contributed by atoms with E-state index in [2.05, 4.69) is 22.1 Å². The standard InChI is InChI=1S/C10H6N2/c1-2-4-8-7(3-1)9-10(8)12-6-5-11-9/h1-6H. The first-order valence-corrected chi connectivity index (χ1v) is 3.87. The van der Waals surface area contributed by atoms with Gasteiger partial charge >= 0.3 is 0 Å². The summed E-state index contributed by atoms with van der Waals surface area (Å²) in [6.45, 7) is 0. The minimum atomic E-state index is 1.04. The number of hydrogen-bond acceptors (Lipinski definition) is 2. The van der Waals surface area contributed by atoms with Crippen LogP contribution < -0.4 is 0 Å². The molecule has 0 aliphatic heterocycles. The van der Waals surface area contributed by atoms with Crippen LogP contribution in [0.3, 0.4) is 0 Å². The Hall–Kier alpha value is -1.70. The molecule has 12 heavy (non-hydrogen) atoms. The van der Waals surface area contributed by atoms with E-state index in [-0.39, 0.29) is 0 Å². The molecule has 56 valence electrons. The van der Waals surface area contributed by atoms with Crippen molar-refractivity contribution in [2.24, 2.45) is 0 Å². The fourth-order valence-corrected chi connectivity index (χ4v) is 1.57. The molecule has 0 unspecified atom stereocenters. The highest BCUT2D eigenvalue weighted by molar-refractivity contribution is 5.97. The van der Waals surface area contributed by atoms with Crippen LogP contribution in [0.1, 0.15) is 0 Å². The third-order valence-corrected chi connectivity index (χ3v) is 2.14. The molecule has 1 aromatic heterocycles. The summed E-state index contributed by atoms with van der Waals surface area (Å²) in [6.07, 6.45) is 3.46. The maximum absolute atomic E-state index is 4.24. The molecule has 0 fully saturated rings. The molecule has 2 nitrogen and oxygen atoms in total. The van der Waals surface area contributed by atoms with Gasteiger partial charge in [-0.05, 0) is 0 Å². The van der Waals surface area contributed by atoms with Gasteiger partial charge in [-0.3, -0.25) is 9.97 Å². The molecule has 1 aliphatic rings. The first-order chi connectivity index (χ1) is 5.97. The summed E-state index contributed by atoms with van der Waals surface area (Å²) in [7, 11) is 0. The van der Waals surface area contributed by atoms with Crippen LogP contribution in [0.15, 0.2) is 36.7 Å². The summed E-state index contributed by atoms with van der Waals surface area (Å²) in [5.41, 5.74) is 4.52. The lowest BCUT2D eigenvalue weighted by Gasteiger charge is -2.19. The fraction of sp³-hybridized carbons (Fsp3) is 0. The third kappa shape index (κ3) is 0.552. The highest BCUT2D eigenvalue weighted by Crippen LogP contribution is 2.43. The van der Waals surface area contributed by atoms with E-state index in [4.69, 9.17) is 0 Å². The van der Waals surface area contributed by atoms with Crippen LogP contribution in [-0.2, 0) is 0 Å². The molecule has 0 atom stereocenters. The number of benzene rings is 1. The van der Waals surface area contributed by atoms with Crippen LogP contribution in [0.5, 0.6) is 0 Å². The normalized spacial score (nSPS) is 11.3. The number of aromatic nitrogens is 2. The summed E-state index contributed by atoms with van der Waals surface area (Å²) in [4.78, 5) is 8.49. The Balaban J connectivity index is 2.34. The first kappa shape index (κ1) is 5.89. The van der Waals surface area contributed by atoms with Crippen LogP contribution in [-0.4, -0.2) is 9.97 Å². The van der Waals surface area contributed by atoms with Gasteiger partial charge in [-0.15, -0.1) is 0 Å². The van der Waals surface area contributed by atoms with E-state index in [9.17, 15) is 0 Å². The predicted molar refractivity (Wildman–Crippen MR) is 46.5 cm³/mol. The number of hydrogen-bond donors (Lipinski definition) is 0. The van der Waals surface area contributed by atoms with E-state index in [1.165, 1.54) is 11.1 Å². The van der Waals surface area contributed by atoms with Crippen molar-refractivity contribution in [1.82, 2.24) is 9.97 Å². The van der Waals surface area contributed by atoms with Crippen LogP contribution in [0.25, 0.3) is 22.5 Å². The SMILES string of the molecule is c1ccc2c(c1)-c1nccnc1-2. The monoisotopic (exact) mass is 154 g/mol. The summed E-state index contributed by atoms with van der Waals surface area (Å²) in [5.74, 6) is 0. The van der Waals surface area contributed by atoms with Crippen LogP contribution >= 0.6 is 0 Å². The third-order valence-electron chi connectivity index (χ3n) is 2.14. The van der Waals surface area contributed by atoms with Gasteiger partial charge in [0.1, 0.15) is 0 Å². The topological polar surface area (TPSA) is 25.8 Å². The van der Waals surface area contributed by atoms with Crippen molar-refractivity contribution in [2.45, 2.75) is 0 Å². The van der Waals surface area contributed by atoms with Gasteiger partial charge in [-0.25, -0.2) is 0 Å². The second-order valence-corrected chi connectivity index (χ2v) is 2.80. The highest BCUT2D eigenvalue weighted by atomic mass is 14.8. The second-order valence-electron chi connectivity index (χ2n) is 2.80. The molecular formula is C10H6N2. The van der Waals surface area contributed by atoms with E-state index in [1.807, 2.05) is 12.1 Å². The smallest absolute Gasteiger partial charge is 0.0972 e. The first-order valence-electron chi connectivity index (χ1n) is 3.87. The molecule has 1 aliphatic carbocycles. The van der Waals surface area contributed by atoms with Crippen molar-refractivity contribution in [3.63, 3.8) is 0 Å². The van der Waals surface area contributed by atoms with Gasteiger partial charge in [0.05, 0.1) is 11.4 Å². The predicted octanol–water partition coefficient (Wildman–Crippen LogP) is 2.12. The molecule has 0 saturated heterocycles. The molecule has 0 bridgehead atoms. The Morgan fingerprint density at radius 3 is 1.75 bits per heavy atom. The lowest BCUT2D eigenvalue weighted by molar-refractivity contribution is 1.18. The van der Waals surface area contributed by atoms with Crippen molar-refractivity contribution in [2.75, 3.05) is 0 Å². The minimum absolute atomic E-state index is 1.04. The van der Waals surface area contributed by atoms with Gasteiger partial charge in [0, 0.05) is 23.5 Å². The van der Waals surface area contributed by atoms with Gasteiger partial charge in [0.2, 0.25) is 0 Å². The number of rotatable bonds is 0. The maximum Gasteiger partial charge on any atom is 0.0972 e. The number of fused-ring (bicyclic) bond motifs is 4. The zero-order valence-corrected chi connectivity index (χ0v) is 6.36. The zero-order valence-electron chi connectivity index (χ0n) is 6.36. The van der Waals surface area contributed by atoms with E-state index in [0.29, 0.717) is 0 Å². The van der Waals surface area contributed by atoms with Gasteiger partial charge in [-0.2, -0.15) is 0 Å². The van der Waals surface area contributed by atoms with E-state index in [1.54, 1.807) is 12.4 Å². The fourth-order valence-electron chi connectivity index (χ4n) is 1.57. The Kier molecular flexibility index (Phi) is 0.939. The van der Waals surface area contributed by atoms with Gasteiger partial charge in [0.15, 0.2) is 0 Å². The molecule has 1 heterocycles. The van der Waals surface area contributed by atoms with Crippen LogP contribution in [0.2, 0.25) is 0 Å². The van der Waals surface area contributed by atoms with Gasteiger partial charge in [-0.1, -0.05) is 24.3 Å². The largest absolute Gasteiger partial charge is 0.252 e. The van der Waals surface area contributed by atoms with Crippen LogP contribution in [0.4, 0.5) is 0 Å². The van der Waals surface area contributed by atoms with E-state index in [0.717, 1.165) is 11.4 Å². The highest BCUT2D eigenvalue weighted by Gasteiger charge is 2.23. The summed E-state index contributed by atoms with van der Waals surface area (Å²) in [6, 6.07) is 8.20. The molecule has 3 rings (SSSR count). The Bertz CT molecular complexity index is 349. The second kappa shape index (κ2) is 1.91. The Labute approximate surface area is 69.9 Å². The van der Waals surface area contributed by atoms with Gasteiger partial charge in [0.25, 0.3) is 0 Å². The van der Waals surface area contributed by atoms with Crippen molar-refractivity contribution in [3.8, 4) is 22.5 Å². The quantitative estimate of drug-likeness (QED) is 0.495. The molecule has 2 heteroatoms. The average molecular weight is 154 g/mol. The Morgan fingerprint density at radius 2 is 1.25 bits per heavy atom. The van der Waals surface area contributed by atoms with E-state index < -0.39 is 0 Å². The summed E-state index contributed by atoms with van der Waals surface area (Å²) in [5, 5.41) is 0. The lowest BCUT2D eigenvalue weighted by atomic mass is 9.89. The van der Waals surface area contributed by atoms with Crippen LogP contribution in [0, 0.1) is 0 Å². The lowest BCUT2D eigenvalue weighted by Crippen LogP contribution is -2.02. The molecular weight excluding hydrogens is 148 g/mol. The summed E-state index contributed by atoms with van der Waals surface area (Å²) < 4.78 is 0.